The Morgan fingerprint density at radius 1 is 1.23 bits per heavy atom. The van der Waals surface area contributed by atoms with Gasteiger partial charge in [-0.1, -0.05) is 45.0 Å². The van der Waals surface area contributed by atoms with E-state index in [0.29, 0.717) is 26.3 Å². The van der Waals surface area contributed by atoms with Crippen LogP contribution in [0.15, 0.2) is 29.8 Å². The monoisotopic (exact) mass is 298 g/mol. The van der Waals surface area contributed by atoms with E-state index in [1.807, 2.05) is 30.3 Å². The number of carbonyl (C=O) groups is 1. The van der Waals surface area contributed by atoms with Gasteiger partial charge < -0.3 is 9.64 Å². The summed E-state index contributed by atoms with van der Waals surface area (Å²) in [5, 5.41) is 9.28. The van der Waals surface area contributed by atoms with E-state index < -0.39 is 0 Å². The number of nitrogens with zero attached hydrogens (tertiary/aromatic N) is 2. The third-order valence-electron chi connectivity index (χ3n) is 3.74. The number of rotatable bonds is 2. The number of amides is 1. The summed E-state index contributed by atoms with van der Waals surface area (Å²) < 4.78 is 5.23. The Bertz CT molecular complexity index is 597. The van der Waals surface area contributed by atoms with Crippen molar-refractivity contribution in [1.29, 1.82) is 5.26 Å². The molecule has 22 heavy (non-hydrogen) atoms. The standard InChI is InChI=1S/C18H22N2O2/c1-18(2,3)16-6-4-14(5-7-16)12-15(13-19)17(21)20-8-10-22-11-9-20/h4-7,12H,8-11H2,1-3H3/b15-12+. The molecular weight excluding hydrogens is 276 g/mol. The lowest BCUT2D eigenvalue weighted by Gasteiger charge is -2.26. The van der Waals surface area contributed by atoms with Gasteiger partial charge in [0.25, 0.3) is 5.91 Å². The van der Waals surface area contributed by atoms with E-state index in [9.17, 15) is 10.1 Å². The molecule has 0 aliphatic carbocycles. The second-order valence-corrected chi connectivity index (χ2v) is 6.45. The third kappa shape index (κ3) is 3.96. The molecule has 1 amide bonds. The highest BCUT2D eigenvalue weighted by molar-refractivity contribution is 6.01. The molecule has 116 valence electrons. The van der Waals surface area contributed by atoms with Crippen LogP contribution < -0.4 is 0 Å². The first-order chi connectivity index (χ1) is 10.4. The van der Waals surface area contributed by atoms with E-state index in [4.69, 9.17) is 4.74 Å². The molecule has 1 aromatic rings. The Labute approximate surface area is 132 Å². The molecule has 0 bridgehead atoms. The van der Waals surface area contributed by atoms with Crippen molar-refractivity contribution in [1.82, 2.24) is 4.90 Å². The number of carbonyl (C=O) groups excluding carboxylic acids is 1. The van der Waals surface area contributed by atoms with Gasteiger partial charge in [0.2, 0.25) is 0 Å². The van der Waals surface area contributed by atoms with Gasteiger partial charge in [0.1, 0.15) is 11.6 Å². The summed E-state index contributed by atoms with van der Waals surface area (Å²) in [4.78, 5) is 14.0. The van der Waals surface area contributed by atoms with Crippen LogP contribution in [0.3, 0.4) is 0 Å². The van der Waals surface area contributed by atoms with E-state index in [1.54, 1.807) is 11.0 Å². The maximum absolute atomic E-state index is 12.3. The Morgan fingerprint density at radius 2 is 1.82 bits per heavy atom. The SMILES string of the molecule is CC(C)(C)c1ccc(/C=C(\C#N)C(=O)N2CCOCC2)cc1. The molecule has 0 N–H and O–H groups in total. The van der Waals surface area contributed by atoms with Crippen LogP contribution in [0.1, 0.15) is 31.9 Å². The van der Waals surface area contributed by atoms with E-state index in [-0.39, 0.29) is 16.9 Å². The zero-order chi connectivity index (χ0) is 16.2. The predicted octanol–water partition coefficient (Wildman–Crippen LogP) is 2.75. The molecule has 1 aliphatic rings. The lowest BCUT2D eigenvalue weighted by molar-refractivity contribution is -0.130. The summed E-state index contributed by atoms with van der Waals surface area (Å²) >= 11 is 0. The molecule has 4 nitrogen and oxygen atoms in total. The average Bonchev–Trinajstić information content (AvgIpc) is 2.52. The highest BCUT2D eigenvalue weighted by Gasteiger charge is 2.20. The number of nitriles is 1. The molecule has 0 saturated carbocycles. The summed E-state index contributed by atoms with van der Waals surface area (Å²) in [5.74, 6) is -0.217. The summed E-state index contributed by atoms with van der Waals surface area (Å²) in [6.45, 7) is 8.61. The van der Waals surface area contributed by atoms with Crippen molar-refractivity contribution in [3.63, 3.8) is 0 Å². The van der Waals surface area contributed by atoms with Crippen LogP contribution in [0, 0.1) is 11.3 Å². The second kappa shape index (κ2) is 6.76. The van der Waals surface area contributed by atoms with Gasteiger partial charge in [-0.25, -0.2) is 0 Å². The topological polar surface area (TPSA) is 53.3 Å². The van der Waals surface area contributed by atoms with Gasteiger partial charge in [-0.05, 0) is 22.6 Å². The van der Waals surface area contributed by atoms with Crippen LogP contribution in [0.2, 0.25) is 0 Å². The molecule has 0 atom stereocenters. The van der Waals surface area contributed by atoms with Crippen molar-refractivity contribution in [2.75, 3.05) is 26.3 Å². The van der Waals surface area contributed by atoms with Gasteiger partial charge in [0.15, 0.2) is 0 Å². The summed E-state index contributed by atoms with van der Waals surface area (Å²) in [7, 11) is 0. The second-order valence-electron chi connectivity index (χ2n) is 6.45. The molecular formula is C18H22N2O2. The van der Waals surface area contributed by atoms with Crippen molar-refractivity contribution < 1.29 is 9.53 Å². The Hall–Kier alpha value is -2.12. The van der Waals surface area contributed by atoms with Gasteiger partial charge in [-0.15, -0.1) is 0 Å². The van der Waals surface area contributed by atoms with Gasteiger partial charge in [-0.2, -0.15) is 5.26 Å². The fraction of sp³-hybridized carbons (Fsp3) is 0.444. The lowest BCUT2D eigenvalue weighted by Crippen LogP contribution is -2.41. The minimum atomic E-state index is -0.217. The minimum absolute atomic E-state index is 0.0872. The van der Waals surface area contributed by atoms with Crippen molar-refractivity contribution in [3.05, 3.63) is 41.0 Å². The number of morpholine rings is 1. The highest BCUT2D eigenvalue weighted by atomic mass is 16.5. The molecule has 4 heteroatoms. The Balaban J connectivity index is 2.18. The van der Waals surface area contributed by atoms with Crippen LogP contribution in [0.25, 0.3) is 6.08 Å². The molecule has 0 radical (unpaired) electrons. The zero-order valence-corrected chi connectivity index (χ0v) is 13.4. The number of hydrogen-bond donors (Lipinski definition) is 0. The molecule has 1 saturated heterocycles. The number of benzene rings is 1. The molecule has 2 rings (SSSR count). The molecule has 1 aromatic carbocycles. The van der Waals surface area contributed by atoms with E-state index in [2.05, 4.69) is 20.8 Å². The first-order valence-electron chi connectivity index (χ1n) is 7.51. The fourth-order valence-corrected chi connectivity index (χ4v) is 2.32. The van der Waals surface area contributed by atoms with E-state index >= 15 is 0 Å². The molecule has 1 aliphatic heterocycles. The summed E-state index contributed by atoms with van der Waals surface area (Å²) in [6.07, 6.45) is 1.66. The fourth-order valence-electron chi connectivity index (χ4n) is 2.32. The molecule has 1 heterocycles. The molecule has 0 aromatic heterocycles. The van der Waals surface area contributed by atoms with Gasteiger partial charge in [0.05, 0.1) is 13.2 Å². The largest absolute Gasteiger partial charge is 0.378 e. The third-order valence-corrected chi connectivity index (χ3v) is 3.74. The van der Waals surface area contributed by atoms with E-state index in [0.717, 1.165) is 5.56 Å². The highest BCUT2D eigenvalue weighted by Crippen LogP contribution is 2.23. The van der Waals surface area contributed by atoms with Crippen molar-refractivity contribution >= 4 is 12.0 Å². The van der Waals surface area contributed by atoms with Gasteiger partial charge >= 0.3 is 0 Å². The maximum atomic E-state index is 12.3. The maximum Gasteiger partial charge on any atom is 0.264 e. The summed E-state index contributed by atoms with van der Waals surface area (Å²) in [6, 6.07) is 10.0. The quantitative estimate of drug-likeness (QED) is 0.623. The van der Waals surface area contributed by atoms with Crippen LogP contribution in [0.4, 0.5) is 0 Å². The van der Waals surface area contributed by atoms with Gasteiger partial charge in [0, 0.05) is 13.1 Å². The van der Waals surface area contributed by atoms with Crippen LogP contribution in [-0.2, 0) is 14.9 Å². The first kappa shape index (κ1) is 16.3. The Kier molecular flexibility index (Phi) is 4.99. The average molecular weight is 298 g/mol. The van der Waals surface area contributed by atoms with Crippen molar-refractivity contribution in [2.24, 2.45) is 0 Å². The normalized spacial score (nSPS) is 16.3. The molecule has 0 unspecified atom stereocenters. The van der Waals surface area contributed by atoms with Crippen LogP contribution in [-0.4, -0.2) is 37.1 Å². The van der Waals surface area contributed by atoms with Crippen molar-refractivity contribution in [2.45, 2.75) is 26.2 Å². The van der Waals surface area contributed by atoms with E-state index in [1.165, 1.54) is 5.56 Å². The predicted molar refractivity (Wildman–Crippen MR) is 86.1 cm³/mol. The summed E-state index contributed by atoms with van der Waals surface area (Å²) in [5.41, 5.74) is 2.35. The van der Waals surface area contributed by atoms with Crippen LogP contribution in [0.5, 0.6) is 0 Å². The molecule has 1 fully saturated rings. The van der Waals surface area contributed by atoms with Crippen LogP contribution >= 0.6 is 0 Å². The zero-order valence-electron chi connectivity index (χ0n) is 13.4. The minimum Gasteiger partial charge on any atom is -0.378 e. The first-order valence-corrected chi connectivity index (χ1v) is 7.51. The molecule has 0 spiro atoms. The number of ether oxygens (including phenoxy) is 1. The van der Waals surface area contributed by atoms with Gasteiger partial charge in [-0.3, -0.25) is 4.79 Å². The lowest BCUT2D eigenvalue weighted by atomic mass is 9.86. The number of hydrogen-bond acceptors (Lipinski definition) is 3. The van der Waals surface area contributed by atoms with Crippen molar-refractivity contribution in [3.8, 4) is 6.07 Å². The Morgan fingerprint density at radius 3 is 2.32 bits per heavy atom. The smallest absolute Gasteiger partial charge is 0.264 e.